The summed E-state index contributed by atoms with van der Waals surface area (Å²) in [5.74, 6) is 2.39. The van der Waals surface area contributed by atoms with E-state index in [1.165, 1.54) is 57.8 Å². The molecule has 2 saturated carbocycles. The Bertz CT molecular complexity index is 681. The molecule has 31 heavy (non-hydrogen) atoms. The Balaban J connectivity index is 1.40. The summed E-state index contributed by atoms with van der Waals surface area (Å²) in [5, 5.41) is 0. The van der Waals surface area contributed by atoms with Gasteiger partial charge in [-0.1, -0.05) is 44.9 Å². The number of piperidine rings is 1. The summed E-state index contributed by atoms with van der Waals surface area (Å²) in [4.78, 5) is 34.6. The molecule has 1 saturated heterocycles. The fourth-order valence-corrected chi connectivity index (χ4v) is 6.60. The molecule has 2 heterocycles. The molecule has 174 valence electrons. The minimum Gasteiger partial charge on any atom is -0.369 e. The molecule has 2 aliphatic carbocycles. The van der Waals surface area contributed by atoms with Crippen molar-refractivity contribution < 1.29 is 9.59 Å². The van der Waals surface area contributed by atoms with Crippen LogP contribution < -0.4 is 5.73 Å². The van der Waals surface area contributed by atoms with E-state index in [2.05, 4.69) is 4.90 Å². The number of likely N-dealkylation sites (N-methyl/N-ethyl adjacent to an activating group) is 1. The third-order valence-corrected chi connectivity index (χ3v) is 8.50. The van der Waals surface area contributed by atoms with E-state index in [-0.39, 0.29) is 5.91 Å². The van der Waals surface area contributed by atoms with E-state index < -0.39 is 5.54 Å². The van der Waals surface area contributed by atoms with Gasteiger partial charge in [-0.15, -0.1) is 0 Å². The molecule has 0 unspecified atom stereocenters. The summed E-state index contributed by atoms with van der Waals surface area (Å²) in [6, 6.07) is 0. The predicted octanol–water partition coefficient (Wildman–Crippen LogP) is 4.08. The Morgan fingerprint density at radius 3 is 2.32 bits per heavy atom. The molecule has 2 N–H and O–H groups in total. The monoisotopic (exact) mass is 430 g/mol. The average Bonchev–Trinajstić information content (AvgIpc) is 3.36. The highest BCUT2D eigenvalue weighted by atomic mass is 16.2. The zero-order valence-corrected chi connectivity index (χ0v) is 19.5. The maximum atomic E-state index is 13.3. The number of nitrogens with two attached hydrogens (primary N) is 1. The molecule has 0 bridgehead atoms. The van der Waals surface area contributed by atoms with Crippen LogP contribution in [0.15, 0.2) is 4.99 Å². The normalized spacial score (nSPS) is 30.8. The van der Waals surface area contributed by atoms with Gasteiger partial charge in [0, 0.05) is 26.6 Å². The van der Waals surface area contributed by atoms with E-state index in [1.807, 2.05) is 0 Å². The molecular weight excluding hydrogens is 388 g/mol. The van der Waals surface area contributed by atoms with Crippen LogP contribution in [0.1, 0.15) is 96.3 Å². The number of amides is 2. The highest BCUT2D eigenvalue weighted by molar-refractivity contribution is 6.06. The molecular formula is C25H42N4O2. The standard InChI is InChI=1S/C25H42N4O2/c1-28-23(31)25(27-24(28)26,14-13-19-8-3-2-4-9-19)17-21-12-7-15-29(18-21)22(30)16-20-10-5-6-11-20/h19-21H,2-18H2,1H3,(H2,26,27)/t21-,25+/m0/s1. The molecule has 2 amide bonds. The van der Waals surface area contributed by atoms with Gasteiger partial charge in [-0.2, -0.15) is 0 Å². The number of guanidine groups is 1. The third-order valence-electron chi connectivity index (χ3n) is 8.50. The van der Waals surface area contributed by atoms with Crippen molar-refractivity contribution >= 4 is 17.8 Å². The van der Waals surface area contributed by atoms with E-state index in [0.717, 1.165) is 51.1 Å². The Kier molecular flexibility index (Phi) is 7.22. The van der Waals surface area contributed by atoms with Crippen LogP contribution in [-0.4, -0.2) is 53.2 Å². The molecule has 6 nitrogen and oxygen atoms in total. The molecule has 0 radical (unpaired) electrons. The van der Waals surface area contributed by atoms with Gasteiger partial charge in [-0.05, 0) is 62.7 Å². The van der Waals surface area contributed by atoms with Crippen molar-refractivity contribution in [2.24, 2.45) is 28.5 Å². The van der Waals surface area contributed by atoms with E-state index in [4.69, 9.17) is 10.7 Å². The van der Waals surface area contributed by atoms with Crippen molar-refractivity contribution in [3.63, 3.8) is 0 Å². The Morgan fingerprint density at radius 2 is 1.65 bits per heavy atom. The second kappa shape index (κ2) is 9.91. The molecule has 2 aliphatic heterocycles. The number of aliphatic imine (C=N–C) groups is 1. The van der Waals surface area contributed by atoms with Gasteiger partial charge in [-0.3, -0.25) is 14.5 Å². The van der Waals surface area contributed by atoms with E-state index >= 15 is 0 Å². The molecule has 2 atom stereocenters. The maximum Gasteiger partial charge on any atom is 0.257 e. The van der Waals surface area contributed by atoms with Crippen LogP contribution in [0.2, 0.25) is 0 Å². The number of likely N-dealkylation sites (tertiary alicyclic amines) is 1. The van der Waals surface area contributed by atoms with E-state index in [9.17, 15) is 9.59 Å². The minimum absolute atomic E-state index is 0.0650. The molecule has 0 aromatic carbocycles. The third kappa shape index (κ3) is 5.25. The Morgan fingerprint density at radius 1 is 1.00 bits per heavy atom. The van der Waals surface area contributed by atoms with Crippen molar-refractivity contribution in [2.45, 2.75) is 102 Å². The fraction of sp³-hybridized carbons (Fsp3) is 0.880. The molecule has 6 heteroatoms. The zero-order chi connectivity index (χ0) is 21.8. The van der Waals surface area contributed by atoms with Gasteiger partial charge in [0.1, 0.15) is 5.54 Å². The van der Waals surface area contributed by atoms with Crippen molar-refractivity contribution in [3.8, 4) is 0 Å². The molecule has 0 aromatic heterocycles. The summed E-state index contributed by atoms with van der Waals surface area (Å²) in [7, 11) is 1.75. The molecule has 4 rings (SSSR count). The maximum absolute atomic E-state index is 13.3. The van der Waals surface area contributed by atoms with Crippen molar-refractivity contribution in [1.82, 2.24) is 9.80 Å². The van der Waals surface area contributed by atoms with Gasteiger partial charge in [0.2, 0.25) is 5.91 Å². The van der Waals surface area contributed by atoms with Crippen LogP contribution in [0.4, 0.5) is 0 Å². The van der Waals surface area contributed by atoms with Gasteiger partial charge in [0.05, 0.1) is 0 Å². The van der Waals surface area contributed by atoms with Crippen LogP contribution in [-0.2, 0) is 9.59 Å². The van der Waals surface area contributed by atoms with Crippen LogP contribution in [0.25, 0.3) is 0 Å². The number of hydrogen-bond acceptors (Lipinski definition) is 4. The van der Waals surface area contributed by atoms with Gasteiger partial charge >= 0.3 is 0 Å². The minimum atomic E-state index is -0.710. The van der Waals surface area contributed by atoms with Crippen LogP contribution in [0.3, 0.4) is 0 Å². The number of hydrogen-bond donors (Lipinski definition) is 1. The van der Waals surface area contributed by atoms with Gasteiger partial charge in [-0.25, -0.2) is 4.99 Å². The second-order valence-electron chi connectivity index (χ2n) is 10.8. The largest absolute Gasteiger partial charge is 0.369 e. The quantitative estimate of drug-likeness (QED) is 0.661. The van der Waals surface area contributed by atoms with E-state index in [1.54, 1.807) is 11.9 Å². The lowest BCUT2D eigenvalue weighted by Crippen LogP contribution is -2.47. The molecule has 4 aliphatic rings. The highest BCUT2D eigenvalue weighted by Crippen LogP contribution is 2.39. The highest BCUT2D eigenvalue weighted by Gasteiger charge is 2.48. The smallest absolute Gasteiger partial charge is 0.257 e. The number of carbonyl (C=O) groups excluding carboxylic acids is 2. The molecule has 0 spiro atoms. The van der Waals surface area contributed by atoms with Crippen LogP contribution >= 0.6 is 0 Å². The zero-order valence-electron chi connectivity index (χ0n) is 19.5. The number of carbonyl (C=O) groups is 2. The lowest BCUT2D eigenvalue weighted by atomic mass is 9.77. The average molecular weight is 431 g/mol. The van der Waals surface area contributed by atoms with Crippen LogP contribution in [0, 0.1) is 17.8 Å². The van der Waals surface area contributed by atoms with Gasteiger partial charge in [0.25, 0.3) is 5.91 Å². The number of rotatable bonds is 7. The summed E-state index contributed by atoms with van der Waals surface area (Å²) in [6.45, 7) is 1.65. The van der Waals surface area contributed by atoms with Gasteiger partial charge < -0.3 is 10.6 Å². The van der Waals surface area contributed by atoms with Crippen molar-refractivity contribution in [3.05, 3.63) is 0 Å². The Labute approximate surface area is 188 Å². The summed E-state index contributed by atoms with van der Waals surface area (Å²) >= 11 is 0. The molecule has 0 aromatic rings. The summed E-state index contributed by atoms with van der Waals surface area (Å²) < 4.78 is 0. The van der Waals surface area contributed by atoms with Gasteiger partial charge in [0.15, 0.2) is 5.96 Å². The first-order valence-corrected chi connectivity index (χ1v) is 12.9. The summed E-state index contributed by atoms with van der Waals surface area (Å²) in [5.41, 5.74) is 5.41. The van der Waals surface area contributed by atoms with Crippen molar-refractivity contribution in [1.29, 1.82) is 0 Å². The first kappa shape index (κ1) is 22.6. The lowest BCUT2D eigenvalue weighted by Gasteiger charge is -2.37. The van der Waals surface area contributed by atoms with Crippen LogP contribution in [0.5, 0.6) is 0 Å². The van der Waals surface area contributed by atoms with E-state index in [0.29, 0.717) is 30.1 Å². The number of nitrogens with zero attached hydrogens (tertiary/aromatic N) is 3. The first-order chi connectivity index (χ1) is 15.0. The Hall–Kier alpha value is -1.59. The topological polar surface area (TPSA) is 79.0 Å². The van der Waals surface area contributed by atoms with Crippen molar-refractivity contribution in [2.75, 3.05) is 20.1 Å². The fourth-order valence-electron chi connectivity index (χ4n) is 6.60. The first-order valence-electron chi connectivity index (χ1n) is 12.9. The second-order valence-corrected chi connectivity index (χ2v) is 10.8. The molecule has 3 fully saturated rings. The summed E-state index contributed by atoms with van der Waals surface area (Å²) in [6.07, 6.45) is 16.9. The SMILES string of the molecule is CN1C(=O)[C@@](CCC2CCCCC2)(C[C@@H]2CCCN(C(=O)CC3CCCC3)C2)N=C1N. The predicted molar refractivity (Wildman–Crippen MR) is 123 cm³/mol. The lowest BCUT2D eigenvalue weighted by molar-refractivity contribution is -0.134.